The van der Waals surface area contributed by atoms with E-state index in [0.717, 1.165) is 0 Å². The molecule has 1 aromatic rings. The molecule has 0 amide bonds. The molecule has 1 aromatic heterocycles. The highest BCUT2D eigenvalue weighted by molar-refractivity contribution is 9.10. The van der Waals surface area contributed by atoms with E-state index >= 15 is 0 Å². The molecule has 0 radical (unpaired) electrons. The molecule has 15 heavy (non-hydrogen) atoms. The molecule has 7 heteroatoms. The van der Waals surface area contributed by atoms with Gasteiger partial charge >= 0.3 is 0 Å². The van der Waals surface area contributed by atoms with Crippen LogP contribution in [0.5, 0.6) is 0 Å². The number of rotatable bonds is 5. The minimum absolute atomic E-state index is 0.365. The van der Waals surface area contributed by atoms with Crippen molar-refractivity contribution in [3.05, 3.63) is 16.0 Å². The van der Waals surface area contributed by atoms with Gasteiger partial charge in [0.1, 0.15) is 17.3 Å². The van der Waals surface area contributed by atoms with E-state index in [1.54, 1.807) is 0 Å². The molecule has 0 aliphatic rings. The molecule has 0 aliphatic carbocycles. The first kappa shape index (κ1) is 12.9. The number of hydrogen-bond acceptors (Lipinski definition) is 4. The molecule has 1 heterocycles. The maximum absolute atomic E-state index is 11.2. The summed E-state index contributed by atoms with van der Waals surface area (Å²) in [4.78, 5) is 7.82. The lowest BCUT2D eigenvalue weighted by molar-refractivity contribution is 0.684. The second-order valence-corrected chi connectivity index (χ2v) is 5.70. The third kappa shape index (κ3) is 4.04. The third-order valence-corrected chi connectivity index (χ3v) is 4.26. The zero-order chi connectivity index (χ0) is 11.3. The largest absolute Gasteiger partial charge is 0.368 e. The molecule has 1 unspecified atom stereocenters. The zero-order valence-electron chi connectivity index (χ0n) is 8.17. The topological polar surface area (TPSA) is 54.9 Å². The van der Waals surface area contributed by atoms with Gasteiger partial charge in [-0.3, -0.25) is 4.21 Å². The maximum Gasteiger partial charge on any atom is 0.148 e. The number of anilines is 1. The van der Waals surface area contributed by atoms with E-state index in [-0.39, 0.29) is 0 Å². The summed E-state index contributed by atoms with van der Waals surface area (Å²) in [6.07, 6.45) is 1.38. The van der Waals surface area contributed by atoms with Crippen LogP contribution in [0.4, 0.5) is 5.82 Å². The quantitative estimate of drug-likeness (QED) is 0.846. The third-order valence-electron chi connectivity index (χ3n) is 1.69. The normalized spacial score (nSPS) is 12.5. The van der Waals surface area contributed by atoms with Crippen molar-refractivity contribution in [3.8, 4) is 0 Å². The van der Waals surface area contributed by atoms with Crippen LogP contribution in [0.3, 0.4) is 0 Å². The lowest BCUT2D eigenvalue weighted by Gasteiger charge is -2.06. The van der Waals surface area contributed by atoms with Crippen molar-refractivity contribution in [2.45, 2.75) is 6.92 Å². The average molecular weight is 313 g/mol. The van der Waals surface area contributed by atoms with Crippen molar-refractivity contribution in [2.24, 2.45) is 0 Å². The molecule has 0 fully saturated rings. The molecule has 0 aromatic carbocycles. The number of nitrogens with one attached hydrogen (secondary N) is 1. The Bertz CT molecular complexity index is 364. The van der Waals surface area contributed by atoms with Crippen LogP contribution in [0.2, 0.25) is 5.15 Å². The predicted octanol–water partition coefficient (Wildman–Crippen LogP) is 2.07. The second kappa shape index (κ2) is 6.40. The maximum atomic E-state index is 11.2. The van der Waals surface area contributed by atoms with E-state index < -0.39 is 10.8 Å². The Morgan fingerprint density at radius 2 is 2.33 bits per heavy atom. The van der Waals surface area contributed by atoms with Crippen LogP contribution in [-0.2, 0) is 10.8 Å². The molecule has 0 saturated carbocycles. The van der Waals surface area contributed by atoms with E-state index in [9.17, 15) is 4.21 Å². The van der Waals surface area contributed by atoms with Crippen LogP contribution in [0, 0.1) is 0 Å². The fourth-order valence-corrected chi connectivity index (χ4v) is 2.00. The van der Waals surface area contributed by atoms with Gasteiger partial charge in [0, 0.05) is 28.9 Å². The molecule has 84 valence electrons. The van der Waals surface area contributed by atoms with Crippen molar-refractivity contribution in [2.75, 3.05) is 23.4 Å². The van der Waals surface area contributed by atoms with E-state index in [1.807, 2.05) is 6.92 Å². The van der Waals surface area contributed by atoms with Gasteiger partial charge in [0.05, 0.1) is 4.47 Å². The first-order valence-electron chi connectivity index (χ1n) is 4.40. The monoisotopic (exact) mass is 311 g/mol. The van der Waals surface area contributed by atoms with Crippen molar-refractivity contribution in [1.82, 2.24) is 9.97 Å². The molecule has 4 nitrogen and oxygen atoms in total. The number of halogens is 2. The lowest BCUT2D eigenvalue weighted by atomic mass is 10.5. The van der Waals surface area contributed by atoms with Gasteiger partial charge in [0.15, 0.2) is 0 Å². The highest BCUT2D eigenvalue weighted by Gasteiger charge is 2.05. The summed E-state index contributed by atoms with van der Waals surface area (Å²) < 4.78 is 11.8. The molecule has 1 N–H and O–H groups in total. The van der Waals surface area contributed by atoms with Crippen LogP contribution < -0.4 is 5.32 Å². The van der Waals surface area contributed by atoms with Gasteiger partial charge in [0.2, 0.25) is 0 Å². The van der Waals surface area contributed by atoms with E-state index in [4.69, 9.17) is 11.6 Å². The highest BCUT2D eigenvalue weighted by atomic mass is 79.9. The Hall–Kier alpha value is -0.200. The van der Waals surface area contributed by atoms with Gasteiger partial charge in [-0.15, -0.1) is 0 Å². The molecule has 0 bridgehead atoms. The molecule has 1 rings (SSSR count). The summed E-state index contributed by atoms with van der Waals surface area (Å²) in [5, 5.41) is 3.41. The first-order valence-corrected chi connectivity index (χ1v) is 7.06. The Morgan fingerprint density at radius 3 is 3.00 bits per heavy atom. The zero-order valence-corrected chi connectivity index (χ0v) is 11.3. The van der Waals surface area contributed by atoms with E-state index in [1.165, 1.54) is 6.33 Å². The minimum atomic E-state index is -0.767. The molecule has 1 atom stereocenters. The Morgan fingerprint density at radius 1 is 1.60 bits per heavy atom. The molecule has 0 saturated heterocycles. The van der Waals surface area contributed by atoms with Crippen LogP contribution in [-0.4, -0.2) is 32.2 Å². The van der Waals surface area contributed by atoms with Crippen molar-refractivity contribution in [1.29, 1.82) is 0 Å². The Kier molecular flexibility index (Phi) is 5.49. The number of aromatic nitrogens is 2. The Balaban J connectivity index is 2.51. The van der Waals surface area contributed by atoms with Crippen LogP contribution in [0.15, 0.2) is 10.8 Å². The average Bonchev–Trinajstić information content (AvgIpc) is 2.24. The summed E-state index contributed by atoms with van der Waals surface area (Å²) in [6.45, 7) is 2.50. The van der Waals surface area contributed by atoms with Gasteiger partial charge < -0.3 is 5.32 Å². The number of hydrogen-bond donors (Lipinski definition) is 1. The summed E-state index contributed by atoms with van der Waals surface area (Å²) in [7, 11) is -0.767. The van der Waals surface area contributed by atoms with Gasteiger partial charge in [-0.2, -0.15) is 0 Å². The summed E-state index contributed by atoms with van der Waals surface area (Å²) >= 11 is 9.05. The van der Waals surface area contributed by atoms with Crippen LogP contribution >= 0.6 is 27.5 Å². The lowest BCUT2D eigenvalue weighted by Crippen LogP contribution is -2.13. The Labute approximate surface area is 104 Å². The summed E-state index contributed by atoms with van der Waals surface area (Å²) in [5.41, 5.74) is 0. The molecular formula is C8H11BrClN3OS. The standard InChI is InChI=1S/C8H11BrClN3OS/c1-2-15(14)4-3-11-8-6(9)7(10)12-5-13-8/h5H,2-4H2,1H3,(H,11,12,13). The van der Waals surface area contributed by atoms with Gasteiger partial charge in [-0.05, 0) is 15.9 Å². The van der Waals surface area contributed by atoms with Crippen molar-refractivity contribution in [3.63, 3.8) is 0 Å². The fourth-order valence-electron chi connectivity index (χ4n) is 0.899. The van der Waals surface area contributed by atoms with Gasteiger partial charge in [-0.1, -0.05) is 18.5 Å². The van der Waals surface area contributed by atoms with Crippen molar-refractivity contribution >= 4 is 44.1 Å². The van der Waals surface area contributed by atoms with Crippen LogP contribution in [0.25, 0.3) is 0 Å². The van der Waals surface area contributed by atoms with Crippen LogP contribution in [0.1, 0.15) is 6.92 Å². The van der Waals surface area contributed by atoms with Gasteiger partial charge in [-0.25, -0.2) is 9.97 Å². The van der Waals surface area contributed by atoms with Gasteiger partial charge in [0.25, 0.3) is 0 Å². The van der Waals surface area contributed by atoms with E-state index in [0.29, 0.717) is 33.5 Å². The molecular weight excluding hydrogens is 302 g/mol. The fraction of sp³-hybridized carbons (Fsp3) is 0.500. The minimum Gasteiger partial charge on any atom is -0.368 e. The predicted molar refractivity (Wildman–Crippen MR) is 66.8 cm³/mol. The highest BCUT2D eigenvalue weighted by Crippen LogP contribution is 2.25. The molecule has 0 spiro atoms. The van der Waals surface area contributed by atoms with E-state index in [2.05, 4.69) is 31.2 Å². The second-order valence-electron chi connectivity index (χ2n) is 2.69. The SMILES string of the molecule is CCS(=O)CCNc1ncnc(Cl)c1Br. The smallest absolute Gasteiger partial charge is 0.148 e. The number of nitrogens with zero attached hydrogens (tertiary/aromatic N) is 2. The van der Waals surface area contributed by atoms with Crippen molar-refractivity contribution < 1.29 is 4.21 Å². The first-order chi connectivity index (χ1) is 7.15. The summed E-state index contributed by atoms with van der Waals surface area (Å²) in [5.74, 6) is 1.90. The molecule has 0 aliphatic heterocycles. The summed E-state index contributed by atoms with van der Waals surface area (Å²) in [6, 6.07) is 0.